The molecule has 1 atom stereocenters. The van der Waals surface area contributed by atoms with Crippen LogP contribution in [0.25, 0.3) is 11.5 Å². The lowest BCUT2D eigenvalue weighted by Gasteiger charge is -2.18. The molecule has 5 nitrogen and oxygen atoms in total. The number of hydrogen-bond acceptors (Lipinski definition) is 5. The van der Waals surface area contributed by atoms with Crippen molar-refractivity contribution in [1.29, 1.82) is 0 Å². The predicted octanol–water partition coefficient (Wildman–Crippen LogP) is 2.64. The van der Waals surface area contributed by atoms with Gasteiger partial charge in [-0.25, -0.2) is 0 Å². The number of aryl methyl sites for hydroxylation is 1. The Morgan fingerprint density at radius 2 is 2.26 bits per heavy atom. The third-order valence-electron chi connectivity index (χ3n) is 3.41. The minimum atomic E-state index is 0.226. The van der Waals surface area contributed by atoms with Crippen LogP contribution >= 0.6 is 0 Å². The fraction of sp³-hybridized carbons (Fsp3) is 0.429. The van der Waals surface area contributed by atoms with Crippen LogP contribution < -0.4 is 0 Å². The van der Waals surface area contributed by atoms with Gasteiger partial charge >= 0.3 is 0 Å². The van der Waals surface area contributed by atoms with Crippen LogP contribution in [0.1, 0.15) is 30.1 Å². The van der Waals surface area contributed by atoms with Crippen molar-refractivity contribution >= 4 is 0 Å². The summed E-state index contributed by atoms with van der Waals surface area (Å²) in [6, 6.07) is 5.10. The van der Waals surface area contributed by atoms with Gasteiger partial charge in [0.25, 0.3) is 5.89 Å². The molecule has 100 valence electrons. The fourth-order valence-electron chi connectivity index (χ4n) is 2.34. The summed E-state index contributed by atoms with van der Waals surface area (Å²) >= 11 is 0. The van der Waals surface area contributed by atoms with E-state index in [1.54, 1.807) is 18.2 Å². The van der Waals surface area contributed by atoms with E-state index in [2.05, 4.69) is 10.1 Å². The molecule has 5 heteroatoms. The van der Waals surface area contributed by atoms with E-state index in [1.807, 2.05) is 6.92 Å². The molecule has 3 rings (SSSR count). The van der Waals surface area contributed by atoms with Crippen LogP contribution in [-0.2, 0) is 4.74 Å². The highest BCUT2D eigenvalue weighted by atomic mass is 16.5. The van der Waals surface area contributed by atoms with Gasteiger partial charge in [0.15, 0.2) is 5.82 Å². The summed E-state index contributed by atoms with van der Waals surface area (Å²) in [6.45, 7) is 3.38. The van der Waals surface area contributed by atoms with Gasteiger partial charge in [0, 0.05) is 18.1 Å². The van der Waals surface area contributed by atoms with Gasteiger partial charge in [-0.3, -0.25) is 0 Å². The van der Waals surface area contributed by atoms with Crippen LogP contribution in [0, 0.1) is 6.92 Å². The van der Waals surface area contributed by atoms with Gasteiger partial charge < -0.3 is 14.4 Å². The Bertz CT molecular complexity index is 574. The quantitative estimate of drug-likeness (QED) is 0.899. The molecule has 1 unspecified atom stereocenters. The topological polar surface area (TPSA) is 68.4 Å². The number of aromatic hydroxyl groups is 1. The Kier molecular flexibility index (Phi) is 3.21. The third-order valence-corrected chi connectivity index (χ3v) is 3.41. The molecule has 2 aromatic rings. The van der Waals surface area contributed by atoms with Gasteiger partial charge in [0.05, 0.1) is 6.61 Å². The van der Waals surface area contributed by atoms with Crippen LogP contribution in [0.4, 0.5) is 0 Å². The number of phenols is 1. The van der Waals surface area contributed by atoms with E-state index in [0.29, 0.717) is 18.3 Å². The van der Waals surface area contributed by atoms with Gasteiger partial charge in [0.2, 0.25) is 0 Å². The van der Waals surface area contributed by atoms with E-state index in [9.17, 15) is 5.11 Å². The second-order valence-corrected chi connectivity index (χ2v) is 4.87. The maximum Gasteiger partial charge on any atom is 0.258 e. The summed E-state index contributed by atoms with van der Waals surface area (Å²) < 4.78 is 10.8. The third kappa shape index (κ3) is 2.46. The molecule has 0 aliphatic carbocycles. The molecule has 2 heterocycles. The number of ether oxygens (including phenoxy) is 1. The molecule has 0 bridgehead atoms. The van der Waals surface area contributed by atoms with E-state index < -0.39 is 0 Å². The van der Waals surface area contributed by atoms with Crippen molar-refractivity contribution < 1.29 is 14.4 Å². The van der Waals surface area contributed by atoms with Crippen molar-refractivity contribution in [1.82, 2.24) is 10.1 Å². The highest BCUT2D eigenvalue weighted by molar-refractivity contribution is 5.59. The zero-order valence-corrected chi connectivity index (χ0v) is 10.8. The molecule has 0 spiro atoms. The number of nitrogens with zero attached hydrogens (tertiary/aromatic N) is 2. The maximum absolute atomic E-state index is 9.41. The zero-order chi connectivity index (χ0) is 13.2. The van der Waals surface area contributed by atoms with Gasteiger partial charge in [0.1, 0.15) is 5.75 Å². The number of rotatable bonds is 2. The molecule has 1 aromatic carbocycles. The molecule has 0 amide bonds. The first kappa shape index (κ1) is 12.2. The lowest BCUT2D eigenvalue weighted by atomic mass is 10.0. The van der Waals surface area contributed by atoms with Gasteiger partial charge in [-0.2, -0.15) is 4.98 Å². The van der Waals surface area contributed by atoms with Gasteiger partial charge in [-0.1, -0.05) is 5.16 Å². The van der Waals surface area contributed by atoms with E-state index in [-0.39, 0.29) is 11.7 Å². The number of aromatic nitrogens is 2. The summed E-state index contributed by atoms with van der Waals surface area (Å²) in [4.78, 5) is 4.46. The minimum Gasteiger partial charge on any atom is -0.508 e. The lowest BCUT2D eigenvalue weighted by Crippen LogP contribution is -2.16. The van der Waals surface area contributed by atoms with Crippen LogP contribution in [0.5, 0.6) is 5.75 Å². The lowest BCUT2D eigenvalue weighted by molar-refractivity contribution is 0.0773. The minimum absolute atomic E-state index is 0.226. The average Bonchev–Trinajstić information content (AvgIpc) is 2.89. The Morgan fingerprint density at radius 3 is 3.00 bits per heavy atom. The molecular weight excluding hydrogens is 244 g/mol. The summed E-state index contributed by atoms with van der Waals surface area (Å²) in [7, 11) is 0. The molecule has 0 radical (unpaired) electrons. The highest BCUT2D eigenvalue weighted by Gasteiger charge is 2.22. The summed E-state index contributed by atoms with van der Waals surface area (Å²) in [6.07, 6.45) is 2.07. The molecular formula is C14H16N2O3. The molecule has 0 saturated carbocycles. The van der Waals surface area contributed by atoms with Crippen molar-refractivity contribution in [3.8, 4) is 17.2 Å². The second kappa shape index (κ2) is 5.01. The number of benzene rings is 1. The van der Waals surface area contributed by atoms with Gasteiger partial charge in [-0.05, 0) is 43.5 Å². The molecule has 1 aromatic heterocycles. The predicted molar refractivity (Wildman–Crippen MR) is 68.9 cm³/mol. The maximum atomic E-state index is 9.41. The molecule has 19 heavy (non-hydrogen) atoms. The van der Waals surface area contributed by atoms with Crippen molar-refractivity contribution in [3.05, 3.63) is 29.6 Å². The monoisotopic (exact) mass is 260 g/mol. The van der Waals surface area contributed by atoms with Crippen LogP contribution in [0.3, 0.4) is 0 Å². The molecule has 1 aliphatic rings. The van der Waals surface area contributed by atoms with Crippen LogP contribution in [0.15, 0.2) is 22.7 Å². The molecule has 1 N–H and O–H groups in total. The van der Waals surface area contributed by atoms with Crippen molar-refractivity contribution in [2.45, 2.75) is 25.7 Å². The summed E-state index contributed by atoms with van der Waals surface area (Å²) in [5.74, 6) is 1.67. The van der Waals surface area contributed by atoms with E-state index in [4.69, 9.17) is 9.26 Å². The molecule has 1 aliphatic heterocycles. The normalized spacial score (nSPS) is 19.5. The highest BCUT2D eigenvalue weighted by Crippen LogP contribution is 2.28. The van der Waals surface area contributed by atoms with E-state index in [0.717, 1.165) is 30.6 Å². The first-order chi connectivity index (χ1) is 9.24. The molecule has 1 fully saturated rings. The Hall–Kier alpha value is -1.88. The first-order valence-electron chi connectivity index (χ1n) is 6.45. The smallest absolute Gasteiger partial charge is 0.258 e. The Labute approximate surface area is 111 Å². The van der Waals surface area contributed by atoms with Gasteiger partial charge in [-0.15, -0.1) is 0 Å². The summed E-state index contributed by atoms with van der Waals surface area (Å²) in [5, 5.41) is 13.5. The fourth-order valence-corrected chi connectivity index (χ4v) is 2.34. The van der Waals surface area contributed by atoms with Crippen molar-refractivity contribution in [2.24, 2.45) is 0 Å². The second-order valence-electron chi connectivity index (χ2n) is 4.87. The number of phenolic OH excluding ortho intramolecular Hbond substituents is 1. The van der Waals surface area contributed by atoms with Crippen LogP contribution in [-0.4, -0.2) is 28.5 Å². The standard InChI is InChI=1S/C14H16N2O3/c1-9-7-11(17)4-5-12(9)14-15-13(16-19-14)10-3-2-6-18-8-10/h4-5,7,10,17H,2-3,6,8H2,1H3. The summed E-state index contributed by atoms with van der Waals surface area (Å²) in [5.41, 5.74) is 1.77. The van der Waals surface area contributed by atoms with E-state index >= 15 is 0 Å². The first-order valence-corrected chi connectivity index (χ1v) is 6.45. The Morgan fingerprint density at radius 1 is 1.37 bits per heavy atom. The van der Waals surface area contributed by atoms with Crippen LogP contribution in [0.2, 0.25) is 0 Å². The molecule has 1 saturated heterocycles. The van der Waals surface area contributed by atoms with Crippen molar-refractivity contribution in [2.75, 3.05) is 13.2 Å². The zero-order valence-electron chi connectivity index (χ0n) is 10.8. The van der Waals surface area contributed by atoms with Crippen molar-refractivity contribution in [3.63, 3.8) is 0 Å². The SMILES string of the molecule is Cc1cc(O)ccc1-c1nc(C2CCCOC2)no1. The average molecular weight is 260 g/mol. The number of hydrogen-bond donors (Lipinski definition) is 1. The van der Waals surface area contributed by atoms with E-state index in [1.165, 1.54) is 0 Å². The Balaban J connectivity index is 1.87. The largest absolute Gasteiger partial charge is 0.508 e.